The molecule has 0 fully saturated rings. The summed E-state index contributed by atoms with van der Waals surface area (Å²) in [6.45, 7) is 4.68. The summed E-state index contributed by atoms with van der Waals surface area (Å²) in [5, 5.41) is 4.68. The highest BCUT2D eigenvalue weighted by Gasteiger charge is 2.23. The Kier molecular flexibility index (Phi) is 6.18. The number of quaternary nitrogens is 1. The van der Waals surface area contributed by atoms with Crippen molar-refractivity contribution in [2.24, 2.45) is 0 Å². The van der Waals surface area contributed by atoms with Crippen LogP contribution in [-0.4, -0.2) is 32.1 Å². The van der Waals surface area contributed by atoms with E-state index in [1.807, 2.05) is 14.0 Å². The van der Waals surface area contributed by atoms with Crippen LogP contribution in [0.5, 0.6) is 0 Å². The van der Waals surface area contributed by atoms with Gasteiger partial charge in [-0.1, -0.05) is 31.2 Å². The van der Waals surface area contributed by atoms with E-state index >= 15 is 0 Å². The maximum atomic E-state index is 11.9. The number of urea groups is 1. The number of amides is 3. The lowest BCUT2D eigenvalue weighted by Crippen LogP contribution is -3.12. The van der Waals surface area contributed by atoms with Crippen molar-refractivity contribution in [1.29, 1.82) is 0 Å². The number of carbonyl (C=O) groups is 2. The molecule has 0 radical (unpaired) electrons. The minimum absolute atomic E-state index is 0.271. The molecule has 0 aromatic heterocycles. The first-order valence-corrected chi connectivity index (χ1v) is 6.90. The van der Waals surface area contributed by atoms with Crippen LogP contribution < -0.4 is 15.5 Å². The van der Waals surface area contributed by atoms with Crippen LogP contribution in [0.4, 0.5) is 4.79 Å². The number of nitrogens with one attached hydrogen (secondary N) is 3. The van der Waals surface area contributed by atoms with Crippen LogP contribution in [0.3, 0.4) is 0 Å². The Morgan fingerprint density at radius 1 is 1.20 bits per heavy atom. The summed E-state index contributed by atoms with van der Waals surface area (Å²) >= 11 is 0. The van der Waals surface area contributed by atoms with Gasteiger partial charge < -0.3 is 10.2 Å². The summed E-state index contributed by atoms with van der Waals surface area (Å²) in [5.41, 5.74) is 2.48. The van der Waals surface area contributed by atoms with Crippen LogP contribution in [0.2, 0.25) is 0 Å². The second kappa shape index (κ2) is 7.65. The van der Waals surface area contributed by atoms with E-state index in [-0.39, 0.29) is 11.9 Å². The average molecular weight is 278 g/mol. The van der Waals surface area contributed by atoms with Gasteiger partial charge in [0.05, 0.1) is 7.05 Å². The number of rotatable bonds is 5. The molecule has 5 nitrogen and oxygen atoms in total. The molecule has 3 amide bonds. The lowest BCUT2D eigenvalue weighted by atomic mass is 10.1. The van der Waals surface area contributed by atoms with E-state index in [0.717, 1.165) is 17.9 Å². The molecule has 0 aliphatic rings. The lowest BCUT2D eigenvalue weighted by Gasteiger charge is -2.20. The third-order valence-corrected chi connectivity index (χ3v) is 3.51. The Morgan fingerprint density at radius 2 is 1.75 bits per heavy atom. The number of hydrogen-bond donors (Lipinski definition) is 3. The fourth-order valence-corrected chi connectivity index (χ4v) is 1.87. The SMILES string of the molecule is CCc1ccc(C[NH+](C)[C@H](C)C(=O)NC(=O)NC)cc1. The van der Waals surface area contributed by atoms with E-state index in [2.05, 4.69) is 41.8 Å². The van der Waals surface area contributed by atoms with Crippen LogP contribution in [-0.2, 0) is 17.8 Å². The number of imide groups is 1. The maximum absolute atomic E-state index is 11.9. The molecular formula is C15H24N3O2+. The lowest BCUT2D eigenvalue weighted by molar-refractivity contribution is -0.908. The van der Waals surface area contributed by atoms with Crippen LogP contribution >= 0.6 is 0 Å². The smallest absolute Gasteiger partial charge is 0.321 e. The van der Waals surface area contributed by atoms with Gasteiger partial charge in [-0.15, -0.1) is 0 Å². The second-order valence-electron chi connectivity index (χ2n) is 4.98. The van der Waals surface area contributed by atoms with Crippen LogP contribution in [0.15, 0.2) is 24.3 Å². The van der Waals surface area contributed by atoms with Gasteiger partial charge in [-0.05, 0) is 18.9 Å². The molecule has 1 aromatic rings. The molecule has 20 heavy (non-hydrogen) atoms. The van der Waals surface area contributed by atoms with Gasteiger partial charge in [0, 0.05) is 12.6 Å². The molecule has 1 rings (SSSR count). The molecule has 0 bridgehead atoms. The average Bonchev–Trinajstić information content (AvgIpc) is 2.46. The summed E-state index contributed by atoms with van der Waals surface area (Å²) in [6, 6.07) is 7.63. The van der Waals surface area contributed by atoms with Crippen LogP contribution in [0.1, 0.15) is 25.0 Å². The molecule has 0 heterocycles. The molecule has 1 unspecified atom stereocenters. The van der Waals surface area contributed by atoms with Crippen molar-refractivity contribution < 1.29 is 14.5 Å². The topological polar surface area (TPSA) is 62.6 Å². The van der Waals surface area contributed by atoms with Gasteiger partial charge in [0.1, 0.15) is 6.54 Å². The van der Waals surface area contributed by atoms with E-state index in [9.17, 15) is 9.59 Å². The molecule has 110 valence electrons. The fraction of sp³-hybridized carbons (Fsp3) is 0.467. The molecule has 2 atom stereocenters. The first kappa shape index (κ1) is 16.2. The minimum Gasteiger partial charge on any atom is -0.341 e. The van der Waals surface area contributed by atoms with E-state index in [0.29, 0.717) is 0 Å². The molecule has 0 saturated carbocycles. The highest BCUT2D eigenvalue weighted by molar-refractivity contribution is 5.96. The summed E-state index contributed by atoms with van der Waals surface area (Å²) in [5.74, 6) is -0.271. The van der Waals surface area contributed by atoms with Gasteiger partial charge in [0.25, 0.3) is 5.91 Å². The first-order chi connectivity index (χ1) is 9.47. The number of carbonyl (C=O) groups excluding carboxylic acids is 2. The summed E-state index contributed by atoms with van der Waals surface area (Å²) in [6.07, 6.45) is 1.02. The second-order valence-corrected chi connectivity index (χ2v) is 4.98. The summed E-state index contributed by atoms with van der Waals surface area (Å²) < 4.78 is 0. The Bertz CT molecular complexity index is 457. The third-order valence-electron chi connectivity index (χ3n) is 3.51. The fourth-order valence-electron chi connectivity index (χ4n) is 1.87. The van der Waals surface area contributed by atoms with Gasteiger partial charge >= 0.3 is 6.03 Å². The quantitative estimate of drug-likeness (QED) is 0.716. The van der Waals surface area contributed by atoms with Crippen molar-refractivity contribution in [3.63, 3.8) is 0 Å². The third kappa shape index (κ3) is 4.66. The molecule has 1 aromatic carbocycles. The number of likely N-dealkylation sites (N-methyl/N-ethyl adjacent to an activating group) is 1. The minimum atomic E-state index is -0.470. The van der Waals surface area contributed by atoms with Crippen molar-refractivity contribution in [3.05, 3.63) is 35.4 Å². The number of aryl methyl sites for hydroxylation is 1. The molecule has 5 heteroatoms. The van der Waals surface area contributed by atoms with E-state index in [1.165, 1.54) is 18.2 Å². The molecule has 3 N–H and O–H groups in total. The van der Waals surface area contributed by atoms with Crippen LogP contribution in [0, 0.1) is 0 Å². The highest BCUT2D eigenvalue weighted by atomic mass is 16.2. The van der Waals surface area contributed by atoms with Gasteiger partial charge in [0.15, 0.2) is 6.04 Å². The van der Waals surface area contributed by atoms with Gasteiger partial charge in [-0.3, -0.25) is 10.1 Å². The Labute approximate surface area is 120 Å². The van der Waals surface area contributed by atoms with Gasteiger partial charge in [0.2, 0.25) is 0 Å². The largest absolute Gasteiger partial charge is 0.341 e. The zero-order chi connectivity index (χ0) is 15.1. The molecular weight excluding hydrogens is 254 g/mol. The molecule has 0 spiro atoms. The highest BCUT2D eigenvalue weighted by Crippen LogP contribution is 2.03. The normalized spacial score (nSPS) is 13.4. The maximum Gasteiger partial charge on any atom is 0.321 e. The first-order valence-electron chi connectivity index (χ1n) is 6.90. The van der Waals surface area contributed by atoms with Gasteiger partial charge in [-0.2, -0.15) is 0 Å². The summed E-state index contributed by atoms with van der Waals surface area (Å²) in [4.78, 5) is 24.0. The van der Waals surface area contributed by atoms with Gasteiger partial charge in [-0.25, -0.2) is 4.79 Å². The zero-order valence-electron chi connectivity index (χ0n) is 12.6. The Morgan fingerprint density at radius 3 is 2.25 bits per heavy atom. The number of benzene rings is 1. The Balaban J connectivity index is 2.57. The predicted molar refractivity (Wildman–Crippen MR) is 78.5 cm³/mol. The zero-order valence-corrected chi connectivity index (χ0v) is 12.6. The van der Waals surface area contributed by atoms with Crippen molar-refractivity contribution in [2.45, 2.75) is 32.9 Å². The standard InChI is InChI=1S/C15H23N3O2/c1-5-12-6-8-13(9-7-12)10-18(4)11(2)14(19)17-15(20)16-3/h6-9,11H,5,10H2,1-4H3,(H2,16,17,19,20)/p+1/t11-/m1/s1. The van der Waals surface area contributed by atoms with Crippen LogP contribution in [0.25, 0.3) is 0 Å². The number of hydrogen-bond acceptors (Lipinski definition) is 2. The predicted octanol–water partition coefficient (Wildman–Crippen LogP) is 0.108. The van der Waals surface area contributed by atoms with E-state index < -0.39 is 6.03 Å². The van der Waals surface area contributed by atoms with E-state index in [1.54, 1.807) is 0 Å². The van der Waals surface area contributed by atoms with Crippen molar-refractivity contribution in [1.82, 2.24) is 10.6 Å². The van der Waals surface area contributed by atoms with E-state index in [4.69, 9.17) is 0 Å². The molecule has 0 saturated heterocycles. The van der Waals surface area contributed by atoms with Crippen molar-refractivity contribution >= 4 is 11.9 Å². The van der Waals surface area contributed by atoms with Crippen molar-refractivity contribution in [2.75, 3.05) is 14.1 Å². The van der Waals surface area contributed by atoms with Crippen molar-refractivity contribution in [3.8, 4) is 0 Å². The Hall–Kier alpha value is -1.88. The summed E-state index contributed by atoms with van der Waals surface area (Å²) in [7, 11) is 3.43. The molecule has 0 aliphatic heterocycles. The molecule has 0 aliphatic carbocycles. The monoisotopic (exact) mass is 278 g/mol.